The van der Waals surface area contributed by atoms with E-state index in [0.29, 0.717) is 6.04 Å². The SMILES string of the molecule is CCOCC(C)N[C@@H](C)c1ccccc1Cl. The molecule has 2 atom stereocenters. The Morgan fingerprint density at radius 3 is 2.62 bits per heavy atom. The summed E-state index contributed by atoms with van der Waals surface area (Å²) in [7, 11) is 0. The van der Waals surface area contributed by atoms with Crippen molar-refractivity contribution in [3.05, 3.63) is 34.9 Å². The van der Waals surface area contributed by atoms with Gasteiger partial charge in [0.1, 0.15) is 0 Å². The Morgan fingerprint density at radius 1 is 1.31 bits per heavy atom. The molecule has 0 aromatic heterocycles. The highest BCUT2D eigenvalue weighted by Gasteiger charge is 2.11. The van der Waals surface area contributed by atoms with Gasteiger partial charge < -0.3 is 10.1 Å². The van der Waals surface area contributed by atoms with Crippen LogP contribution < -0.4 is 5.32 Å². The van der Waals surface area contributed by atoms with Crippen LogP contribution in [0, 0.1) is 0 Å². The molecule has 1 N–H and O–H groups in total. The number of benzene rings is 1. The van der Waals surface area contributed by atoms with Crippen LogP contribution in [-0.2, 0) is 4.74 Å². The van der Waals surface area contributed by atoms with E-state index >= 15 is 0 Å². The van der Waals surface area contributed by atoms with Gasteiger partial charge in [-0.05, 0) is 32.4 Å². The van der Waals surface area contributed by atoms with E-state index in [4.69, 9.17) is 16.3 Å². The lowest BCUT2D eigenvalue weighted by molar-refractivity contribution is 0.124. The summed E-state index contributed by atoms with van der Waals surface area (Å²) >= 11 is 6.14. The van der Waals surface area contributed by atoms with Gasteiger partial charge in [-0.1, -0.05) is 29.8 Å². The number of hydrogen-bond donors (Lipinski definition) is 1. The van der Waals surface area contributed by atoms with Crippen molar-refractivity contribution in [2.45, 2.75) is 32.9 Å². The van der Waals surface area contributed by atoms with Crippen molar-refractivity contribution in [2.75, 3.05) is 13.2 Å². The van der Waals surface area contributed by atoms with Gasteiger partial charge in [0, 0.05) is 23.7 Å². The average Bonchev–Trinajstić information content (AvgIpc) is 2.26. The minimum atomic E-state index is 0.240. The lowest BCUT2D eigenvalue weighted by atomic mass is 10.1. The molecule has 1 aromatic rings. The van der Waals surface area contributed by atoms with Crippen LogP contribution in [0.5, 0.6) is 0 Å². The minimum Gasteiger partial charge on any atom is -0.380 e. The summed E-state index contributed by atoms with van der Waals surface area (Å²) in [6.45, 7) is 7.72. The van der Waals surface area contributed by atoms with Crippen molar-refractivity contribution in [3.63, 3.8) is 0 Å². The van der Waals surface area contributed by atoms with Crippen molar-refractivity contribution >= 4 is 11.6 Å². The second kappa shape index (κ2) is 6.89. The van der Waals surface area contributed by atoms with Crippen LogP contribution in [0.4, 0.5) is 0 Å². The van der Waals surface area contributed by atoms with E-state index in [2.05, 4.69) is 19.2 Å². The molecule has 0 spiro atoms. The molecule has 0 bridgehead atoms. The second-order valence-electron chi connectivity index (χ2n) is 3.97. The van der Waals surface area contributed by atoms with Crippen LogP contribution in [0.25, 0.3) is 0 Å². The first-order chi connectivity index (χ1) is 7.65. The van der Waals surface area contributed by atoms with Crippen LogP contribution in [-0.4, -0.2) is 19.3 Å². The summed E-state index contributed by atoms with van der Waals surface area (Å²) in [6.07, 6.45) is 0. The predicted octanol–water partition coefficient (Wildman–Crippen LogP) is 3.42. The molecule has 2 nitrogen and oxygen atoms in total. The van der Waals surface area contributed by atoms with Gasteiger partial charge in [0.2, 0.25) is 0 Å². The summed E-state index contributed by atoms with van der Waals surface area (Å²) in [4.78, 5) is 0. The molecular weight excluding hydrogens is 222 g/mol. The molecule has 0 fully saturated rings. The number of nitrogens with one attached hydrogen (secondary N) is 1. The topological polar surface area (TPSA) is 21.3 Å². The maximum absolute atomic E-state index is 6.14. The van der Waals surface area contributed by atoms with Crippen molar-refractivity contribution in [2.24, 2.45) is 0 Å². The third-order valence-electron chi connectivity index (χ3n) is 2.48. The quantitative estimate of drug-likeness (QED) is 0.824. The Morgan fingerprint density at radius 2 is 2.00 bits per heavy atom. The van der Waals surface area contributed by atoms with E-state index in [1.807, 2.05) is 31.2 Å². The highest BCUT2D eigenvalue weighted by molar-refractivity contribution is 6.31. The Balaban J connectivity index is 2.52. The van der Waals surface area contributed by atoms with Crippen LogP contribution in [0.15, 0.2) is 24.3 Å². The number of ether oxygens (including phenoxy) is 1. The van der Waals surface area contributed by atoms with E-state index in [0.717, 1.165) is 23.8 Å². The summed E-state index contributed by atoms with van der Waals surface area (Å²) in [6, 6.07) is 8.49. The molecule has 1 aromatic carbocycles. The molecule has 0 radical (unpaired) electrons. The molecule has 1 rings (SSSR count). The molecule has 0 heterocycles. The highest BCUT2D eigenvalue weighted by atomic mass is 35.5. The zero-order valence-electron chi connectivity index (χ0n) is 10.2. The van der Waals surface area contributed by atoms with Crippen molar-refractivity contribution in [3.8, 4) is 0 Å². The maximum Gasteiger partial charge on any atom is 0.0616 e. The molecule has 90 valence electrons. The van der Waals surface area contributed by atoms with Crippen LogP contribution >= 0.6 is 11.6 Å². The normalized spacial score (nSPS) is 14.8. The zero-order valence-corrected chi connectivity index (χ0v) is 10.9. The average molecular weight is 242 g/mol. The Kier molecular flexibility index (Phi) is 5.81. The molecule has 3 heteroatoms. The van der Waals surface area contributed by atoms with Crippen LogP contribution in [0.3, 0.4) is 0 Å². The first kappa shape index (κ1) is 13.5. The summed E-state index contributed by atoms with van der Waals surface area (Å²) in [5.41, 5.74) is 1.13. The predicted molar refractivity (Wildman–Crippen MR) is 69.0 cm³/mol. The molecule has 0 saturated carbocycles. The lowest BCUT2D eigenvalue weighted by Crippen LogP contribution is -2.32. The van der Waals surface area contributed by atoms with Gasteiger partial charge >= 0.3 is 0 Å². The number of halogens is 1. The van der Waals surface area contributed by atoms with Gasteiger partial charge in [-0.2, -0.15) is 0 Å². The van der Waals surface area contributed by atoms with Gasteiger partial charge in [-0.25, -0.2) is 0 Å². The van der Waals surface area contributed by atoms with Crippen molar-refractivity contribution in [1.82, 2.24) is 5.32 Å². The molecular formula is C13H20ClNO. The van der Waals surface area contributed by atoms with E-state index in [-0.39, 0.29) is 6.04 Å². The Hall–Kier alpha value is -0.570. The monoisotopic (exact) mass is 241 g/mol. The van der Waals surface area contributed by atoms with E-state index in [1.165, 1.54) is 0 Å². The largest absolute Gasteiger partial charge is 0.380 e. The molecule has 1 unspecified atom stereocenters. The lowest BCUT2D eigenvalue weighted by Gasteiger charge is -2.21. The molecule has 0 aliphatic carbocycles. The Bertz CT molecular complexity index is 317. The van der Waals surface area contributed by atoms with Gasteiger partial charge in [-0.15, -0.1) is 0 Å². The fourth-order valence-corrected chi connectivity index (χ4v) is 1.98. The Labute approximate surface area is 103 Å². The van der Waals surface area contributed by atoms with Crippen LogP contribution in [0.1, 0.15) is 32.4 Å². The van der Waals surface area contributed by atoms with E-state index in [9.17, 15) is 0 Å². The third kappa shape index (κ3) is 4.12. The fourth-order valence-electron chi connectivity index (χ4n) is 1.69. The summed E-state index contributed by atoms with van der Waals surface area (Å²) in [5, 5.41) is 4.27. The van der Waals surface area contributed by atoms with Gasteiger partial charge in [0.05, 0.1) is 6.61 Å². The van der Waals surface area contributed by atoms with Gasteiger partial charge in [-0.3, -0.25) is 0 Å². The van der Waals surface area contributed by atoms with Crippen molar-refractivity contribution < 1.29 is 4.74 Å². The molecule has 0 aliphatic rings. The molecule has 16 heavy (non-hydrogen) atoms. The van der Waals surface area contributed by atoms with E-state index < -0.39 is 0 Å². The fraction of sp³-hybridized carbons (Fsp3) is 0.538. The molecule has 0 aliphatic heterocycles. The number of hydrogen-bond acceptors (Lipinski definition) is 2. The summed E-state index contributed by atoms with van der Waals surface area (Å²) < 4.78 is 5.37. The van der Waals surface area contributed by atoms with Gasteiger partial charge in [0.25, 0.3) is 0 Å². The minimum absolute atomic E-state index is 0.240. The molecule has 0 amide bonds. The summed E-state index contributed by atoms with van der Waals surface area (Å²) in [5.74, 6) is 0. The maximum atomic E-state index is 6.14. The van der Waals surface area contributed by atoms with Crippen LogP contribution in [0.2, 0.25) is 5.02 Å². The zero-order chi connectivity index (χ0) is 12.0. The second-order valence-corrected chi connectivity index (χ2v) is 4.38. The number of rotatable bonds is 6. The smallest absolute Gasteiger partial charge is 0.0616 e. The first-order valence-electron chi connectivity index (χ1n) is 5.73. The highest BCUT2D eigenvalue weighted by Crippen LogP contribution is 2.22. The van der Waals surface area contributed by atoms with Gasteiger partial charge in [0.15, 0.2) is 0 Å². The standard InChI is InChI=1S/C13H20ClNO/c1-4-16-9-10(2)15-11(3)12-7-5-6-8-13(12)14/h5-8,10-11,15H,4,9H2,1-3H3/t10?,11-/m0/s1. The van der Waals surface area contributed by atoms with Crippen molar-refractivity contribution in [1.29, 1.82) is 0 Å². The molecule has 0 saturated heterocycles. The third-order valence-corrected chi connectivity index (χ3v) is 2.82. The first-order valence-corrected chi connectivity index (χ1v) is 6.11. The van der Waals surface area contributed by atoms with E-state index in [1.54, 1.807) is 0 Å².